The van der Waals surface area contributed by atoms with Gasteiger partial charge in [0.15, 0.2) is 0 Å². The Labute approximate surface area is 122 Å². The minimum absolute atomic E-state index is 0.00759. The molecule has 1 aliphatic heterocycles. The second-order valence-corrected chi connectivity index (χ2v) is 5.83. The van der Waals surface area contributed by atoms with E-state index in [-0.39, 0.29) is 18.1 Å². The zero-order valence-electron chi connectivity index (χ0n) is 11.2. The summed E-state index contributed by atoms with van der Waals surface area (Å²) in [5.74, 6) is 0.00759. The molecule has 1 heterocycles. The summed E-state index contributed by atoms with van der Waals surface area (Å²) in [7, 11) is 0. The Bertz CT molecular complexity index is 443. The molecule has 104 valence electrons. The van der Waals surface area contributed by atoms with E-state index in [0.29, 0.717) is 6.54 Å². The monoisotopic (exact) mass is 326 g/mol. The van der Waals surface area contributed by atoms with E-state index in [0.717, 1.165) is 23.2 Å². The smallest absolute Gasteiger partial charge is 0.238 e. The Morgan fingerprint density at radius 2 is 2.00 bits per heavy atom. The molecule has 1 saturated heterocycles. The number of morpholine rings is 1. The van der Waals surface area contributed by atoms with Crippen molar-refractivity contribution in [2.45, 2.75) is 26.1 Å². The molecule has 1 amide bonds. The van der Waals surface area contributed by atoms with Crippen LogP contribution in [-0.2, 0) is 9.53 Å². The summed E-state index contributed by atoms with van der Waals surface area (Å²) >= 11 is 3.42. The molecule has 0 radical (unpaired) electrons. The first kappa shape index (κ1) is 14.5. The van der Waals surface area contributed by atoms with Crippen LogP contribution in [0.2, 0.25) is 0 Å². The first-order valence-corrected chi connectivity index (χ1v) is 7.26. The summed E-state index contributed by atoms with van der Waals surface area (Å²) in [6.07, 6.45) is 0.361. The molecule has 5 heteroatoms. The zero-order valence-corrected chi connectivity index (χ0v) is 12.8. The molecule has 0 aromatic heterocycles. The molecule has 1 fully saturated rings. The van der Waals surface area contributed by atoms with Crippen molar-refractivity contribution in [3.63, 3.8) is 0 Å². The molecule has 0 unspecified atom stereocenters. The third kappa shape index (κ3) is 4.30. The maximum Gasteiger partial charge on any atom is 0.238 e. The average Bonchev–Trinajstić information content (AvgIpc) is 2.30. The van der Waals surface area contributed by atoms with Crippen molar-refractivity contribution in [3.05, 3.63) is 28.7 Å². The van der Waals surface area contributed by atoms with Crippen LogP contribution in [0.1, 0.15) is 13.8 Å². The van der Waals surface area contributed by atoms with E-state index in [9.17, 15) is 4.79 Å². The van der Waals surface area contributed by atoms with Crippen LogP contribution in [0.25, 0.3) is 0 Å². The lowest BCUT2D eigenvalue weighted by molar-refractivity contribution is -0.121. The summed E-state index contributed by atoms with van der Waals surface area (Å²) in [6.45, 7) is 6.07. The second-order valence-electron chi connectivity index (χ2n) is 4.98. The molecule has 1 aliphatic rings. The number of para-hydroxylation sites is 1. The third-order valence-electron chi connectivity index (χ3n) is 3.01. The normalized spacial score (nSPS) is 24.2. The number of halogens is 1. The fourth-order valence-electron chi connectivity index (χ4n) is 2.37. The van der Waals surface area contributed by atoms with Crippen LogP contribution >= 0.6 is 15.9 Å². The lowest BCUT2D eigenvalue weighted by Crippen LogP contribution is -2.48. The number of ether oxygens (including phenoxy) is 1. The van der Waals surface area contributed by atoms with Crippen molar-refractivity contribution >= 4 is 27.5 Å². The molecule has 4 nitrogen and oxygen atoms in total. The van der Waals surface area contributed by atoms with E-state index in [1.807, 2.05) is 38.1 Å². The molecule has 2 rings (SSSR count). The number of anilines is 1. The maximum atomic E-state index is 12.0. The van der Waals surface area contributed by atoms with E-state index in [1.165, 1.54) is 0 Å². The number of carbonyl (C=O) groups is 1. The highest BCUT2D eigenvalue weighted by Gasteiger charge is 2.23. The van der Waals surface area contributed by atoms with Crippen molar-refractivity contribution in [2.24, 2.45) is 0 Å². The Morgan fingerprint density at radius 3 is 2.63 bits per heavy atom. The van der Waals surface area contributed by atoms with E-state index in [1.54, 1.807) is 0 Å². The van der Waals surface area contributed by atoms with Crippen molar-refractivity contribution in [3.8, 4) is 0 Å². The van der Waals surface area contributed by atoms with Gasteiger partial charge in [-0.05, 0) is 41.9 Å². The van der Waals surface area contributed by atoms with E-state index in [2.05, 4.69) is 26.1 Å². The van der Waals surface area contributed by atoms with Gasteiger partial charge in [-0.25, -0.2) is 0 Å². The number of nitrogens with one attached hydrogen (secondary N) is 1. The molecular formula is C14H19BrN2O2. The average molecular weight is 327 g/mol. The summed E-state index contributed by atoms with van der Waals surface area (Å²) in [6, 6.07) is 7.62. The van der Waals surface area contributed by atoms with Gasteiger partial charge in [0.2, 0.25) is 5.91 Å². The number of hydrogen-bond acceptors (Lipinski definition) is 3. The fraction of sp³-hybridized carbons (Fsp3) is 0.500. The molecule has 2 atom stereocenters. The molecule has 1 N–H and O–H groups in total. The van der Waals surface area contributed by atoms with Crippen molar-refractivity contribution < 1.29 is 9.53 Å². The lowest BCUT2D eigenvalue weighted by atomic mass is 10.2. The van der Waals surface area contributed by atoms with Gasteiger partial charge in [0.1, 0.15) is 0 Å². The highest BCUT2D eigenvalue weighted by Crippen LogP contribution is 2.21. The standard InChI is InChI=1S/C14H19BrN2O2/c1-10-7-17(8-11(2)19-10)9-14(18)16-13-6-4-3-5-12(13)15/h3-6,10-11H,7-9H2,1-2H3,(H,16,18)/t10-,11-/m1/s1. The van der Waals surface area contributed by atoms with Crippen LogP contribution in [0.3, 0.4) is 0 Å². The molecule has 19 heavy (non-hydrogen) atoms. The third-order valence-corrected chi connectivity index (χ3v) is 3.70. The first-order chi connectivity index (χ1) is 9.04. The van der Waals surface area contributed by atoms with Crippen molar-refractivity contribution in [1.29, 1.82) is 0 Å². The number of rotatable bonds is 3. The van der Waals surface area contributed by atoms with Gasteiger partial charge in [0, 0.05) is 17.6 Å². The van der Waals surface area contributed by atoms with E-state index >= 15 is 0 Å². The predicted octanol–water partition coefficient (Wildman–Crippen LogP) is 2.50. The molecule has 0 saturated carbocycles. The van der Waals surface area contributed by atoms with Gasteiger partial charge in [-0.2, -0.15) is 0 Å². The van der Waals surface area contributed by atoms with Gasteiger partial charge < -0.3 is 10.1 Å². The number of amides is 1. The van der Waals surface area contributed by atoms with Gasteiger partial charge in [-0.3, -0.25) is 9.69 Å². The van der Waals surface area contributed by atoms with Gasteiger partial charge in [-0.15, -0.1) is 0 Å². The minimum atomic E-state index is 0.00759. The largest absolute Gasteiger partial charge is 0.373 e. The van der Waals surface area contributed by atoms with Crippen LogP contribution in [0.4, 0.5) is 5.69 Å². The Hall–Kier alpha value is -0.910. The quantitative estimate of drug-likeness (QED) is 0.927. The summed E-state index contributed by atoms with van der Waals surface area (Å²) < 4.78 is 6.55. The molecule has 0 bridgehead atoms. The number of hydrogen-bond donors (Lipinski definition) is 1. The van der Waals surface area contributed by atoms with Crippen LogP contribution in [-0.4, -0.2) is 42.6 Å². The lowest BCUT2D eigenvalue weighted by Gasteiger charge is -2.34. The zero-order chi connectivity index (χ0) is 13.8. The topological polar surface area (TPSA) is 41.6 Å². The van der Waals surface area contributed by atoms with Crippen molar-refractivity contribution in [2.75, 3.05) is 25.0 Å². The molecule has 0 spiro atoms. The van der Waals surface area contributed by atoms with E-state index < -0.39 is 0 Å². The number of benzene rings is 1. The molecule has 0 aliphatic carbocycles. The van der Waals surface area contributed by atoms with Gasteiger partial charge in [-0.1, -0.05) is 12.1 Å². The Morgan fingerprint density at radius 1 is 1.37 bits per heavy atom. The predicted molar refractivity (Wildman–Crippen MR) is 79.2 cm³/mol. The van der Waals surface area contributed by atoms with Crippen LogP contribution < -0.4 is 5.32 Å². The number of nitrogens with zero attached hydrogens (tertiary/aromatic N) is 1. The molecule has 1 aromatic carbocycles. The highest BCUT2D eigenvalue weighted by molar-refractivity contribution is 9.10. The SMILES string of the molecule is C[C@@H]1CN(CC(=O)Nc2ccccc2Br)C[C@@H](C)O1. The second kappa shape index (κ2) is 6.50. The van der Waals surface area contributed by atoms with Gasteiger partial charge >= 0.3 is 0 Å². The van der Waals surface area contributed by atoms with Crippen LogP contribution in [0, 0.1) is 0 Å². The first-order valence-electron chi connectivity index (χ1n) is 6.47. The fourth-order valence-corrected chi connectivity index (χ4v) is 2.75. The maximum absolute atomic E-state index is 12.0. The summed E-state index contributed by atoms with van der Waals surface area (Å²) in [5, 5.41) is 2.92. The van der Waals surface area contributed by atoms with Crippen molar-refractivity contribution in [1.82, 2.24) is 4.90 Å². The van der Waals surface area contributed by atoms with Gasteiger partial charge in [0.25, 0.3) is 0 Å². The van der Waals surface area contributed by atoms with Crippen LogP contribution in [0.15, 0.2) is 28.7 Å². The van der Waals surface area contributed by atoms with E-state index in [4.69, 9.17) is 4.74 Å². The van der Waals surface area contributed by atoms with Crippen LogP contribution in [0.5, 0.6) is 0 Å². The molecular weight excluding hydrogens is 308 g/mol. The van der Waals surface area contributed by atoms with Gasteiger partial charge in [0.05, 0.1) is 24.4 Å². The molecule has 1 aromatic rings. The number of carbonyl (C=O) groups excluding carboxylic acids is 1. The minimum Gasteiger partial charge on any atom is -0.373 e. The highest BCUT2D eigenvalue weighted by atomic mass is 79.9. The Kier molecular flexibility index (Phi) is 4.96. The summed E-state index contributed by atoms with van der Waals surface area (Å²) in [4.78, 5) is 14.2. The Balaban J connectivity index is 1.89. The summed E-state index contributed by atoms with van der Waals surface area (Å²) in [5.41, 5.74) is 0.807.